The normalized spacial score (nSPS) is 22.1. The van der Waals surface area contributed by atoms with Gasteiger partial charge < -0.3 is 10.1 Å². The van der Waals surface area contributed by atoms with Crippen molar-refractivity contribution in [2.45, 2.75) is 19.4 Å². The van der Waals surface area contributed by atoms with Crippen molar-refractivity contribution in [3.05, 3.63) is 35.9 Å². The molecule has 0 bridgehead atoms. The second kappa shape index (κ2) is 7.04. The van der Waals surface area contributed by atoms with Gasteiger partial charge in [0.25, 0.3) is 0 Å². The molecule has 6 heteroatoms. The smallest absolute Gasteiger partial charge is 0.235 e. The minimum atomic E-state index is -3.27. The molecule has 116 valence electrons. The SMILES string of the molecule is CCS(=O)(=O)CC(=O)NC[C@@H]1CCO[C@H]1c1ccccc1. The van der Waals surface area contributed by atoms with Crippen LogP contribution in [0.3, 0.4) is 0 Å². The maximum Gasteiger partial charge on any atom is 0.235 e. The van der Waals surface area contributed by atoms with Crippen molar-refractivity contribution in [3.8, 4) is 0 Å². The molecule has 0 saturated carbocycles. The number of benzene rings is 1. The Kier molecular flexibility index (Phi) is 5.36. The van der Waals surface area contributed by atoms with Gasteiger partial charge >= 0.3 is 0 Å². The van der Waals surface area contributed by atoms with E-state index < -0.39 is 21.5 Å². The van der Waals surface area contributed by atoms with Crippen molar-refractivity contribution < 1.29 is 17.9 Å². The zero-order chi connectivity index (χ0) is 15.3. The molecule has 1 aromatic carbocycles. The lowest BCUT2D eigenvalue weighted by Gasteiger charge is -2.19. The van der Waals surface area contributed by atoms with E-state index in [1.165, 1.54) is 0 Å². The van der Waals surface area contributed by atoms with Gasteiger partial charge in [-0.3, -0.25) is 4.79 Å². The van der Waals surface area contributed by atoms with Gasteiger partial charge in [-0.2, -0.15) is 0 Å². The second-order valence-corrected chi connectivity index (χ2v) is 7.58. The quantitative estimate of drug-likeness (QED) is 0.860. The zero-order valence-electron chi connectivity index (χ0n) is 12.1. The largest absolute Gasteiger partial charge is 0.373 e. The van der Waals surface area contributed by atoms with E-state index in [1.807, 2.05) is 30.3 Å². The number of ether oxygens (including phenoxy) is 1. The Morgan fingerprint density at radius 2 is 2.05 bits per heavy atom. The monoisotopic (exact) mass is 311 g/mol. The number of hydrogen-bond acceptors (Lipinski definition) is 4. The van der Waals surface area contributed by atoms with E-state index >= 15 is 0 Å². The maximum absolute atomic E-state index is 11.7. The van der Waals surface area contributed by atoms with Crippen molar-refractivity contribution >= 4 is 15.7 Å². The molecule has 1 saturated heterocycles. The Morgan fingerprint density at radius 3 is 2.71 bits per heavy atom. The van der Waals surface area contributed by atoms with Crippen LogP contribution in [0, 0.1) is 5.92 Å². The van der Waals surface area contributed by atoms with Gasteiger partial charge in [0.1, 0.15) is 5.75 Å². The van der Waals surface area contributed by atoms with Crippen LogP contribution in [0.25, 0.3) is 0 Å². The first-order chi connectivity index (χ1) is 10.0. The predicted octanol–water partition coefficient (Wildman–Crippen LogP) is 1.32. The van der Waals surface area contributed by atoms with Gasteiger partial charge in [0, 0.05) is 24.8 Å². The van der Waals surface area contributed by atoms with E-state index in [4.69, 9.17) is 4.74 Å². The molecular weight excluding hydrogens is 290 g/mol. The lowest BCUT2D eigenvalue weighted by atomic mass is 9.95. The van der Waals surface area contributed by atoms with Gasteiger partial charge in [-0.25, -0.2) is 8.42 Å². The number of rotatable bonds is 6. The predicted molar refractivity (Wildman–Crippen MR) is 80.6 cm³/mol. The number of nitrogens with one attached hydrogen (secondary N) is 1. The zero-order valence-corrected chi connectivity index (χ0v) is 12.9. The van der Waals surface area contributed by atoms with E-state index in [0.717, 1.165) is 12.0 Å². The van der Waals surface area contributed by atoms with Crippen molar-refractivity contribution in [3.63, 3.8) is 0 Å². The van der Waals surface area contributed by atoms with Crippen LogP contribution in [0.4, 0.5) is 0 Å². The highest BCUT2D eigenvalue weighted by Crippen LogP contribution is 2.33. The summed E-state index contributed by atoms with van der Waals surface area (Å²) in [6, 6.07) is 9.88. The van der Waals surface area contributed by atoms with Crippen LogP contribution in [0.2, 0.25) is 0 Å². The molecule has 0 radical (unpaired) electrons. The molecule has 1 aliphatic rings. The Hall–Kier alpha value is -1.40. The molecule has 21 heavy (non-hydrogen) atoms. The number of sulfone groups is 1. The Balaban J connectivity index is 1.89. The molecule has 0 aromatic heterocycles. The fraction of sp³-hybridized carbons (Fsp3) is 0.533. The third-order valence-electron chi connectivity index (χ3n) is 3.69. The summed E-state index contributed by atoms with van der Waals surface area (Å²) in [5.74, 6) is -0.705. The molecule has 1 heterocycles. The summed E-state index contributed by atoms with van der Waals surface area (Å²) in [6.45, 7) is 2.64. The van der Waals surface area contributed by atoms with Crippen molar-refractivity contribution in [2.75, 3.05) is 24.7 Å². The Bertz CT molecular complexity index is 571. The third-order valence-corrected chi connectivity index (χ3v) is 5.28. The molecule has 2 atom stereocenters. The van der Waals surface area contributed by atoms with Crippen LogP contribution in [0.5, 0.6) is 0 Å². The fourth-order valence-electron chi connectivity index (χ4n) is 2.45. The molecule has 1 N–H and O–H groups in total. The van der Waals surface area contributed by atoms with E-state index in [-0.39, 0.29) is 17.8 Å². The molecule has 1 aromatic rings. The highest BCUT2D eigenvalue weighted by molar-refractivity contribution is 7.92. The van der Waals surface area contributed by atoms with Crippen molar-refractivity contribution in [1.29, 1.82) is 0 Å². The number of hydrogen-bond donors (Lipinski definition) is 1. The van der Waals surface area contributed by atoms with Gasteiger partial charge in [0.2, 0.25) is 5.91 Å². The number of carbonyl (C=O) groups excluding carboxylic acids is 1. The molecule has 0 spiro atoms. The summed E-state index contributed by atoms with van der Waals surface area (Å²) < 4.78 is 28.5. The molecule has 2 rings (SSSR count). The standard InChI is InChI=1S/C15H21NO4S/c1-2-21(18,19)11-14(17)16-10-13-8-9-20-15(13)12-6-4-3-5-7-12/h3-7,13,15H,2,8-11H2,1H3,(H,16,17)/t13-,15-/m0/s1. The summed E-state index contributed by atoms with van der Waals surface area (Å²) >= 11 is 0. The molecule has 1 amide bonds. The third kappa shape index (κ3) is 4.54. The first-order valence-corrected chi connectivity index (χ1v) is 8.97. The van der Waals surface area contributed by atoms with Crippen LogP contribution in [-0.2, 0) is 19.4 Å². The highest BCUT2D eigenvalue weighted by Gasteiger charge is 2.30. The highest BCUT2D eigenvalue weighted by atomic mass is 32.2. The van der Waals surface area contributed by atoms with Gasteiger partial charge in [0.15, 0.2) is 9.84 Å². The van der Waals surface area contributed by atoms with Crippen LogP contribution < -0.4 is 5.32 Å². The van der Waals surface area contributed by atoms with E-state index in [9.17, 15) is 13.2 Å². The second-order valence-electron chi connectivity index (χ2n) is 5.23. The molecule has 1 fully saturated rings. The summed E-state index contributed by atoms with van der Waals surface area (Å²) in [5, 5.41) is 2.72. The maximum atomic E-state index is 11.7. The first kappa shape index (κ1) is 16.0. The average Bonchev–Trinajstić information content (AvgIpc) is 2.94. The van der Waals surface area contributed by atoms with Crippen LogP contribution >= 0.6 is 0 Å². The van der Waals surface area contributed by atoms with E-state index in [0.29, 0.717) is 13.2 Å². The summed E-state index contributed by atoms with van der Waals surface area (Å²) in [5.41, 5.74) is 1.09. The molecule has 1 aliphatic heterocycles. The number of carbonyl (C=O) groups is 1. The lowest BCUT2D eigenvalue weighted by Crippen LogP contribution is -2.35. The van der Waals surface area contributed by atoms with E-state index in [2.05, 4.69) is 5.32 Å². The molecule has 5 nitrogen and oxygen atoms in total. The Morgan fingerprint density at radius 1 is 1.33 bits per heavy atom. The fourth-order valence-corrected chi connectivity index (χ4v) is 3.16. The van der Waals surface area contributed by atoms with Crippen LogP contribution in [-0.4, -0.2) is 39.0 Å². The van der Waals surface area contributed by atoms with Crippen LogP contribution in [0.15, 0.2) is 30.3 Å². The van der Waals surface area contributed by atoms with E-state index in [1.54, 1.807) is 6.92 Å². The van der Waals surface area contributed by atoms with Crippen molar-refractivity contribution in [1.82, 2.24) is 5.32 Å². The van der Waals surface area contributed by atoms with Gasteiger partial charge in [-0.05, 0) is 12.0 Å². The van der Waals surface area contributed by atoms with Gasteiger partial charge in [0.05, 0.1) is 6.10 Å². The topological polar surface area (TPSA) is 72.5 Å². The summed E-state index contributed by atoms with van der Waals surface area (Å²) in [4.78, 5) is 11.7. The summed E-state index contributed by atoms with van der Waals surface area (Å²) in [6.07, 6.45) is 0.828. The molecular formula is C15H21NO4S. The van der Waals surface area contributed by atoms with Crippen molar-refractivity contribution in [2.24, 2.45) is 5.92 Å². The first-order valence-electron chi connectivity index (χ1n) is 7.15. The van der Waals surface area contributed by atoms with Crippen LogP contribution in [0.1, 0.15) is 25.0 Å². The Labute approximate surface area is 125 Å². The minimum Gasteiger partial charge on any atom is -0.373 e. The lowest BCUT2D eigenvalue weighted by molar-refractivity contribution is -0.118. The summed E-state index contributed by atoms with van der Waals surface area (Å²) in [7, 11) is -3.27. The van der Waals surface area contributed by atoms with Gasteiger partial charge in [-0.1, -0.05) is 37.3 Å². The minimum absolute atomic E-state index is 0.0143. The molecule has 0 unspecified atom stereocenters. The average molecular weight is 311 g/mol. The number of amides is 1. The van der Waals surface area contributed by atoms with Gasteiger partial charge in [-0.15, -0.1) is 0 Å². The molecule has 0 aliphatic carbocycles.